The first-order valence-electron chi connectivity index (χ1n) is 9.01. The van der Waals surface area contributed by atoms with E-state index in [0.29, 0.717) is 12.0 Å². The Morgan fingerprint density at radius 2 is 1.84 bits per heavy atom. The second kappa shape index (κ2) is 6.87. The van der Waals surface area contributed by atoms with Crippen LogP contribution < -0.4 is 4.90 Å². The molecule has 0 amide bonds. The van der Waals surface area contributed by atoms with Crippen molar-refractivity contribution in [3.63, 3.8) is 0 Å². The van der Waals surface area contributed by atoms with Gasteiger partial charge in [0.05, 0.1) is 0 Å². The first-order chi connectivity index (χ1) is 11.9. The zero-order chi connectivity index (χ0) is 18.1. The molecule has 0 N–H and O–H groups in total. The average Bonchev–Trinajstić information content (AvgIpc) is 2.97. The van der Waals surface area contributed by atoms with Crippen LogP contribution in [0.25, 0.3) is 11.1 Å². The first kappa shape index (κ1) is 17.5. The number of ketones is 1. The van der Waals surface area contributed by atoms with Crippen LogP contribution in [0.3, 0.4) is 0 Å². The minimum absolute atomic E-state index is 0.104. The molecule has 1 aliphatic rings. The van der Waals surface area contributed by atoms with Crippen LogP contribution in [0.5, 0.6) is 0 Å². The fourth-order valence-electron chi connectivity index (χ4n) is 3.80. The van der Waals surface area contributed by atoms with Crippen molar-refractivity contribution in [2.24, 2.45) is 5.92 Å². The molecule has 0 aromatic heterocycles. The van der Waals surface area contributed by atoms with E-state index in [4.69, 9.17) is 0 Å². The quantitative estimate of drug-likeness (QED) is 0.532. The molecular formula is C23H27NO. The lowest BCUT2D eigenvalue weighted by molar-refractivity contribution is 0.101. The third-order valence-electron chi connectivity index (χ3n) is 5.38. The highest BCUT2D eigenvalue weighted by Gasteiger charge is 2.30. The van der Waals surface area contributed by atoms with Gasteiger partial charge in [0.15, 0.2) is 5.78 Å². The van der Waals surface area contributed by atoms with Crippen molar-refractivity contribution in [3.8, 4) is 11.1 Å². The van der Waals surface area contributed by atoms with Gasteiger partial charge in [0, 0.05) is 23.8 Å². The van der Waals surface area contributed by atoms with Crippen LogP contribution in [-0.4, -0.2) is 18.4 Å². The van der Waals surface area contributed by atoms with Crippen LogP contribution in [0.1, 0.15) is 43.1 Å². The molecule has 0 spiro atoms. The molecular weight excluding hydrogens is 306 g/mol. The highest BCUT2D eigenvalue weighted by molar-refractivity contribution is 5.95. The zero-order valence-electron chi connectivity index (χ0n) is 15.7. The SMILES string of the molecule is C=C(C)C1CC(C)N(c2ccc(-c3cccc(C(C)=O)c3)cc2C)C1. The van der Waals surface area contributed by atoms with Gasteiger partial charge in [-0.25, -0.2) is 0 Å². The third-order valence-corrected chi connectivity index (χ3v) is 5.38. The lowest BCUT2D eigenvalue weighted by atomic mass is 9.99. The minimum atomic E-state index is 0.104. The van der Waals surface area contributed by atoms with Crippen molar-refractivity contribution in [2.45, 2.75) is 40.2 Å². The van der Waals surface area contributed by atoms with E-state index in [2.05, 4.69) is 56.5 Å². The van der Waals surface area contributed by atoms with Gasteiger partial charge in [-0.3, -0.25) is 4.79 Å². The topological polar surface area (TPSA) is 20.3 Å². The second-order valence-corrected chi connectivity index (χ2v) is 7.42. The smallest absolute Gasteiger partial charge is 0.159 e. The average molecular weight is 333 g/mol. The fraction of sp³-hybridized carbons (Fsp3) is 0.348. The lowest BCUT2D eigenvalue weighted by Crippen LogP contribution is -2.27. The van der Waals surface area contributed by atoms with Gasteiger partial charge in [0.1, 0.15) is 0 Å². The highest BCUT2D eigenvalue weighted by Crippen LogP contribution is 2.35. The maximum atomic E-state index is 11.6. The molecule has 1 aliphatic heterocycles. The van der Waals surface area contributed by atoms with Crippen LogP contribution in [0.4, 0.5) is 5.69 Å². The third kappa shape index (κ3) is 3.53. The number of nitrogens with zero attached hydrogens (tertiary/aromatic N) is 1. The van der Waals surface area contributed by atoms with Gasteiger partial charge in [0.2, 0.25) is 0 Å². The largest absolute Gasteiger partial charge is 0.368 e. The van der Waals surface area contributed by atoms with Crippen molar-refractivity contribution in [3.05, 3.63) is 65.7 Å². The summed E-state index contributed by atoms with van der Waals surface area (Å²) in [7, 11) is 0. The first-order valence-corrected chi connectivity index (χ1v) is 9.01. The zero-order valence-corrected chi connectivity index (χ0v) is 15.7. The summed E-state index contributed by atoms with van der Waals surface area (Å²) in [6.07, 6.45) is 1.18. The monoisotopic (exact) mass is 333 g/mol. The van der Waals surface area contributed by atoms with E-state index in [9.17, 15) is 4.79 Å². The summed E-state index contributed by atoms with van der Waals surface area (Å²) in [6.45, 7) is 13.4. The predicted molar refractivity (Wildman–Crippen MR) is 106 cm³/mol. The van der Waals surface area contributed by atoms with E-state index in [0.717, 1.165) is 23.2 Å². The van der Waals surface area contributed by atoms with E-state index in [1.54, 1.807) is 6.92 Å². The normalized spacial score (nSPS) is 19.9. The summed E-state index contributed by atoms with van der Waals surface area (Å²) in [5, 5.41) is 0. The number of aryl methyl sites for hydroxylation is 1. The number of rotatable bonds is 4. The maximum absolute atomic E-state index is 11.6. The van der Waals surface area contributed by atoms with E-state index >= 15 is 0 Å². The molecule has 1 fully saturated rings. The summed E-state index contributed by atoms with van der Waals surface area (Å²) in [5.41, 5.74) is 6.88. The summed E-state index contributed by atoms with van der Waals surface area (Å²) in [6, 6.07) is 15.0. The van der Waals surface area contributed by atoms with Crippen LogP contribution in [0.2, 0.25) is 0 Å². The Bertz CT molecular complexity index is 821. The molecule has 1 saturated heterocycles. The Morgan fingerprint density at radius 3 is 2.44 bits per heavy atom. The Hall–Kier alpha value is -2.35. The number of hydrogen-bond donors (Lipinski definition) is 0. The summed E-state index contributed by atoms with van der Waals surface area (Å²) >= 11 is 0. The van der Waals surface area contributed by atoms with Crippen molar-refractivity contribution in [1.29, 1.82) is 0 Å². The van der Waals surface area contributed by atoms with Crippen molar-refractivity contribution < 1.29 is 4.79 Å². The number of hydrogen-bond acceptors (Lipinski definition) is 2. The summed E-state index contributed by atoms with van der Waals surface area (Å²) < 4.78 is 0. The molecule has 0 saturated carbocycles. The summed E-state index contributed by atoms with van der Waals surface area (Å²) in [5.74, 6) is 0.688. The standard InChI is InChI=1S/C23H27NO/c1-15(2)22-12-17(4)24(14-22)23-10-9-21(11-16(23)3)20-8-6-7-19(13-20)18(5)25/h6-11,13,17,22H,1,12,14H2,2-5H3. The van der Waals surface area contributed by atoms with Gasteiger partial charge >= 0.3 is 0 Å². The van der Waals surface area contributed by atoms with E-state index in [1.807, 2.05) is 18.2 Å². The van der Waals surface area contributed by atoms with Gasteiger partial charge < -0.3 is 4.90 Å². The maximum Gasteiger partial charge on any atom is 0.159 e. The van der Waals surface area contributed by atoms with Gasteiger partial charge in [0.25, 0.3) is 0 Å². The van der Waals surface area contributed by atoms with E-state index in [-0.39, 0.29) is 5.78 Å². The molecule has 1 heterocycles. The number of benzene rings is 2. The van der Waals surface area contributed by atoms with Gasteiger partial charge in [-0.2, -0.15) is 0 Å². The van der Waals surface area contributed by atoms with Crippen LogP contribution in [-0.2, 0) is 0 Å². The molecule has 130 valence electrons. The summed E-state index contributed by atoms with van der Waals surface area (Å²) in [4.78, 5) is 14.1. The molecule has 2 atom stereocenters. The molecule has 2 heteroatoms. The minimum Gasteiger partial charge on any atom is -0.368 e. The van der Waals surface area contributed by atoms with Gasteiger partial charge in [-0.05, 0) is 74.9 Å². The Kier molecular flexibility index (Phi) is 4.80. The Morgan fingerprint density at radius 1 is 1.12 bits per heavy atom. The van der Waals surface area contributed by atoms with E-state index in [1.165, 1.54) is 23.2 Å². The predicted octanol–water partition coefficient (Wildman–Crippen LogP) is 5.66. The van der Waals surface area contributed by atoms with Crippen LogP contribution in [0, 0.1) is 12.8 Å². The Balaban J connectivity index is 1.90. The number of carbonyl (C=O) groups is 1. The molecule has 25 heavy (non-hydrogen) atoms. The number of anilines is 1. The molecule has 0 bridgehead atoms. The fourth-order valence-corrected chi connectivity index (χ4v) is 3.80. The Labute approximate surface area is 151 Å². The molecule has 0 radical (unpaired) electrons. The van der Waals surface area contributed by atoms with Gasteiger partial charge in [-0.1, -0.05) is 36.4 Å². The molecule has 3 rings (SSSR count). The molecule has 2 nitrogen and oxygen atoms in total. The van der Waals surface area contributed by atoms with E-state index < -0.39 is 0 Å². The van der Waals surface area contributed by atoms with Crippen molar-refractivity contribution in [1.82, 2.24) is 0 Å². The second-order valence-electron chi connectivity index (χ2n) is 7.42. The molecule has 2 unspecified atom stereocenters. The molecule has 2 aromatic rings. The van der Waals surface area contributed by atoms with Crippen molar-refractivity contribution in [2.75, 3.05) is 11.4 Å². The number of carbonyl (C=O) groups excluding carboxylic acids is 1. The lowest BCUT2D eigenvalue weighted by Gasteiger charge is -2.26. The van der Waals surface area contributed by atoms with Gasteiger partial charge in [-0.15, -0.1) is 0 Å². The highest BCUT2D eigenvalue weighted by atomic mass is 16.1. The molecule has 0 aliphatic carbocycles. The van der Waals surface area contributed by atoms with Crippen molar-refractivity contribution >= 4 is 11.5 Å². The van der Waals surface area contributed by atoms with Crippen LogP contribution >= 0.6 is 0 Å². The number of Topliss-reactive ketones (excluding diaryl/α,β-unsaturated/α-hetero) is 1. The van der Waals surface area contributed by atoms with Crippen LogP contribution in [0.15, 0.2) is 54.6 Å². The molecule has 2 aromatic carbocycles.